The van der Waals surface area contributed by atoms with Gasteiger partial charge in [-0.15, -0.1) is 0 Å². The summed E-state index contributed by atoms with van der Waals surface area (Å²) in [6.07, 6.45) is 0. The summed E-state index contributed by atoms with van der Waals surface area (Å²) < 4.78 is 32.2. The summed E-state index contributed by atoms with van der Waals surface area (Å²) in [6.45, 7) is 0. The van der Waals surface area contributed by atoms with E-state index < -0.39 is 26.7 Å². The van der Waals surface area contributed by atoms with Crippen LogP contribution in [0.1, 0.15) is 26.4 Å². The summed E-state index contributed by atoms with van der Waals surface area (Å²) in [5.74, 6) is 4.01. The van der Waals surface area contributed by atoms with Gasteiger partial charge < -0.3 is 4.98 Å². The third-order valence-electron chi connectivity index (χ3n) is 3.67. The zero-order valence-electron chi connectivity index (χ0n) is 12.7. The van der Waals surface area contributed by atoms with Gasteiger partial charge in [-0.2, -0.15) is 8.42 Å². The van der Waals surface area contributed by atoms with Gasteiger partial charge in [0.1, 0.15) is 4.90 Å². The standard InChI is InChI=1S/C16H13N3O5S/c17-19-16(21)9-5-6-12-10(7-9)8-13(18-12)15(20)11-3-1-2-4-14(11)25(22,23)24/h1-8,18H,17H2,(H,19,21)(H,22,23,24). The number of carbonyl (C=O) groups excluding carboxylic acids is 2. The number of fused-ring (bicyclic) bond motifs is 1. The third-order valence-corrected chi connectivity index (χ3v) is 4.58. The summed E-state index contributed by atoms with van der Waals surface area (Å²) in [5, 5.41) is 0.578. The van der Waals surface area contributed by atoms with E-state index in [2.05, 4.69) is 4.98 Å². The lowest BCUT2D eigenvalue weighted by atomic mass is 10.1. The molecule has 128 valence electrons. The van der Waals surface area contributed by atoms with Crippen LogP contribution in [0.15, 0.2) is 53.4 Å². The topological polar surface area (TPSA) is 142 Å². The fourth-order valence-electron chi connectivity index (χ4n) is 2.50. The monoisotopic (exact) mass is 359 g/mol. The zero-order valence-corrected chi connectivity index (χ0v) is 13.5. The van der Waals surface area contributed by atoms with Gasteiger partial charge in [0, 0.05) is 22.0 Å². The van der Waals surface area contributed by atoms with Gasteiger partial charge in [-0.1, -0.05) is 12.1 Å². The highest BCUT2D eigenvalue weighted by molar-refractivity contribution is 7.86. The van der Waals surface area contributed by atoms with Crippen LogP contribution in [0.2, 0.25) is 0 Å². The molecule has 0 saturated heterocycles. The number of hydrogen-bond acceptors (Lipinski definition) is 5. The molecular formula is C16H13N3O5S. The summed E-state index contributed by atoms with van der Waals surface area (Å²) in [7, 11) is -4.54. The summed E-state index contributed by atoms with van der Waals surface area (Å²) >= 11 is 0. The first kappa shape index (κ1) is 16.8. The van der Waals surface area contributed by atoms with E-state index in [1.807, 2.05) is 5.43 Å². The van der Waals surface area contributed by atoms with Gasteiger partial charge >= 0.3 is 0 Å². The van der Waals surface area contributed by atoms with Crippen molar-refractivity contribution in [1.82, 2.24) is 10.4 Å². The number of H-pyrrole nitrogens is 1. The molecule has 0 unspecified atom stereocenters. The first-order valence-corrected chi connectivity index (χ1v) is 8.50. The number of hydrazine groups is 1. The zero-order chi connectivity index (χ0) is 18.2. The second-order valence-electron chi connectivity index (χ2n) is 5.26. The Bertz CT molecular complexity index is 1100. The van der Waals surface area contributed by atoms with E-state index in [1.165, 1.54) is 30.3 Å². The van der Waals surface area contributed by atoms with E-state index >= 15 is 0 Å². The van der Waals surface area contributed by atoms with Crippen molar-refractivity contribution < 1.29 is 22.6 Å². The molecule has 0 spiro atoms. The highest BCUT2D eigenvalue weighted by atomic mass is 32.2. The van der Waals surface area contributed by atoms with Gasteiger partial charge in [0.25, 0.3) is 16.0 Å². The molecule has 2 aromatic carbocycles. The molecule has 3 aromatic rings. The SMILES string of the molecule is NNC(=O)c1ccc2[nH]c(C(=O)c3ccccc3S(=O)(=O)O)cc2c1. The van der Waals surface area contributed by atoms with Gasteiger partial charge in [0.2, 0.25) is 5.78 Å². The number of rotatable bonds is 4. The van der Waals surface area contributed by atoms with Gasteiger partial charge in [-0.05, 0) is 36.4 Å². The largest absolute Gasteiger partial charge is 0.352 e. The number of carbonyl (C=O) groups is 2. The van der Waals surface area contributed by atoms with Crippen LogP contribution < -0.4 is 11.3 Å². The average molecular weight is 359 g/mol. The quantitative estimate of drug-likeness (QED) is 0.181. The molecular weight excluding hydrogens is 346 g/mol. The van der Waals surface area contributed by atoms with Crippen LogP contribution in [0.5, 0.6) is 0 Å². The number of nitrogens with two attached hydrogens (primary N) is 1. The molecule has 9 heteroatoms. The summed E-state index contributed by atoms with van der Waals surface area (Å²) in [5.41, 5.74) is 2.88. The second kappa shape index (κ2) is 6.13. The average Bonchev–Trinajstić information content (AvgIpc) is 3.02. The molecule has 0 radical (unpaired) electrons. The number of ketones is 1. The fraction of sp³-hybridized carbons (Fsp3) is 0. The molecule has 0 fully saturated rings. The number of aromatic nitrogens is 1. The maximum Gasteiger partial charge on any atom is 0.295 e. The fourth-order valence-corrected chi connectivity index (χ4v) is 3.19. The van der Waals surface area contributed by atoms with E-state index in [4.69, 9.17) is 5.84 Å². The van der Waals surface area contributed by atoms with Crippen LogP contribution in [-0.2, 0) is 10.1 Å². The molecule has 25 heavy (non-hydrogen) atoms. The molecule has 0 aliphatic carbocycles. The highest BCUT2D eigenvalue weighted by Gasteiger charge is 2.22. The number of nitrogens with one attached hydrogen (secondary N) is 2. The van der Waals surface area contributed by atoms with Gasteiger partial charge in [0.15, 0.2) is 0 Å². The normalized spacial score (nSPS) is 11.4. The molecule has 0 bridgehead atoms. The van der Waals surface area contributed by atoms with Crippen molar-refractivity contribution in [3.05, 3.63) is 65.4 Å². The Morgan fingerprint density at radius 3 is 2.48 bits per heavy atom. The summed E-state index contributed by atoms with van der Waals surface area (Å²) in [6, 6.07) is 11.5. The predicted octanol–water partition coefficient (Wildman–Crippen LogP) is 1.25. The minimum absolute atomic E-state index is 0.122. The number of amides is 1. The molecule has 3 rings (SSSR count). The van der Waals surface area contributed by atoms with Gasteiger partial charge in [-0.3, -0.25) is 19.6 Å². The molecule has 0 saturated carbocycles. The van der Waals surface area contributed by atoms with Crippen LogP contribution >= 0.6 is 0 Å². The Morgan fingerprint density at radius 2 is 1.80 bits per heavy atom. The Labute approximate surface area is 142 Å². The first-order valence-electron chi connectivity index (χ1n) is 7.06. The van der Waals surface area contributed by atoms with E-state index in [0.29, 0.717) is 16.5 Å². The Balaban J connectivity index is 2.09. The second-order valence-corrected chi connectivity index (χ2v) is 6.65. The predicted molar refractivity (Wildman–Crippen MR) is 89.6 cm³/mol. The van der Waals surface area contributed by atoms with Crippen molar-refractivity contribution in [2.75, 3.05) is 0 Å². The molecule has 8 nitrogen and oxygen atoms in total. The van der Waals surface area contributed by atoms with Crippen molar-refractivity contribution >= 4 is 32.7 Å². The lowest BCUT2D eigenvalue weighted by Crippen LogP contribution is -2.29. The molecule has 0 atom stereocenters. The number of hydrogen-bond donors (Lipinski definition) is 4. The molecule has 1 aromatic heterocycles. The van der Waals surface area contributed by atoms with Crippen LogP contribution in [-0.4, -0.2) is 29.6 Å². The van der Waals surface area contributed by atoms with Crippen molar-refractivity contribution in [1.29, 1.82) is 0 Å². The highest BCUT2D eigenvalue weighted by Crippen LogP contribution is 2.22. The molecule has 1 heterocycles. The molecule has 5 N–H and O–H groups in total. The Hall–Kier alpha value is -3.01. The van der Waals surface area contributed by atoms with E-state index in [0.717, 1.165) is 6.07 Å². The van der Waals surface area contributed by atoms with Crippen LogP contribution in [0.3, 0.4) is 0 Å². The first-order chi connectivity index (χ1) is 11.8. The van der Waals surface area contributed by atoms with Gasteiger partial charge in [0.05, 0.1) is 5.69 Å². The van der Waals surface area contributed by atoms with Crippen molar-refractivity contribution in [2.24, 2.45) is 5.84 Å². The molecule has 0 aliphatic rings. The van der Waals surface area contributed by atoms with Crippen molar-refractivity contribution in [2.45, 2.75) is 4.90 Å². The number of nitrogen functional groups attached to an aromatic ring is 1. The Kier molecular flexibility index (Phi) is 4.13. The van der Waals surface area contributed by atoms with E-state index in [1.54, 1.807) is 12.1 Å². The van der Waals surface area contributed by atoms with Crippen molar-refractivity contribution in [3.8, 4) is 0 Å². The van der Waals surface area contributed by atoms with Crippen LogP contribution in [0.25, 0.3) is 10.9 Å². The van der Waals surface area contributed by atoms with Crippen LogP contribution in [0, 0.1) is 0 Å². The molecule has 0 aliphatic heterocycles. The lowest BCUT2D eigenvalue weighted by Gasteiger charge is -2.04. The lowest BCUT2D eigenvalue weighted by molar-refractivity contribution is 0.0953. The van der Waals surface area contributed by atoms with E-state index in [-0.39, 0.29) is 11.3 Å². The van der Waals surface area contributed by atoms with E-state index in [9.17, 15) is 22.6 Å². The minimum atomic E-state index is -4.54. The maximum absolute atomic E-state index is 12.7. The van der Waals surface area contributed by atoms with Crippen molar-refractivity contribution in [3.63, 3.8) is 0 Å². The maximum atomic E-state index is 12.7. The molecule has 1 amide bonds. The third kappa shape index (κ3) is 3.15. The van der Waals surface area contributed by atoms with Crippen LogP contribution in [0.4, 0.5) is 0 Å². The van der Waals surface area contributed by atoms with Gasteiger partial charge in [-0.25, -0.2) is 5.84 Å². The summed E-state index contributed by atoms with van der Waals surface area (Å²) in [4.78, 5) is 26.6. The minimum Gasteiger partial charge on any atom is -0.352 e. The smallest absolute Gasteiger partial charge is 0.295 e. The number of benzene rings is 2. The Morgan fingerprint density at radius 1 is 1.08 bits per heavy atom. The number of aromatic amines is 1.